The first-order chi connectivity index (χ1) is 12.2. The summed E-state index contributed by atoms with van der Waals surface area (Å²) in [7, 11) is 0. The third-order valence-corrected chi connectivity index (χ3v) is 4.87. The minimum Gasteiger partial charge on any atom is -0.449 e. The van der Waals surface area contributed by atoms with E-state index in [9.17, 15) is 4.79 Å². The third kappa shape index (κ3) is 3.45. The molecule has 132 valence electrons. The van der Waals surface area contributed by atoms with Crippen LogP contribution in [0.3, 0.4) is 0 Å². The summed E-state index contributed by atoms with van der Waals surface area (Å²) in [6.45, 7) is 6.91. The van der Waals surface area contributed by atoms with E-state index in [0.29, 0.717) is 29.1 Å². The molecule has 3 aromatic rings. The number of likely N-dealkylation sites (tertiary alicyclic amines) is 1. The van der Waals surface area contributed by atoms with Crippen molar-refractivity contribution in [1.29, 1.82) is 0 Å². The molecule has 3 heterocycles. The molecule has 0 radical (unpaired) electrons. The second-order valence-electron chi connectivity index (χ2n) is 6.87. The molecule has 2 aromatic heterocycles. The van der Waals surface area contributed by atoms with Crippen LogP contribution in [0.25, 0.3) is 22.1 Å². The molecule has 1 aliphatic rings. The molecule has 0 aliphatic carbocycles. The van der Waals surface area contributed by atoms with Gasteiger partial charge in [-0.2, -0.15) is 0 Å². The molecule has 1 saturated heterocycles. The number of piperidine rings is 1. The SMILES string of the molecule is Cc1ccc2oc3c(=O)[nH]c(CNCCN4CCCCC4)nc3c2c1. The van der Waals surface area contributed by atoms with Gasteiger partial charge in [0.05, 0.1) is 6.54 Å². The van der Waals surface area contributed by atoms with Crippen molar-refractivity contribution >= 4 is 22.1 Å². The minimum absolute atomic E-state index is 0.216. The number of hydrogen-bond donors (Lipinski definition) is 2. The van der Waals surface area contributed by atoms with Crippen LogP contribution < -0.4 is 10.9 Å². The van der Waals surface area contributed by atoms with Crippen molar-refractivity contribution < 1.29 is 4.42 Å². The Labute approximate surface area is 146 Å². The number of aryl methyl sites for hydroxylation is 1. The van der Waals surface area contributed by atoms with Gasteiger partial charge in [0, 0.05) is 18.5 Å². The van der Waals surface area contributed by atoms with Crippen molar-refractivity contribution in [2.45, 2.75) is 32.7 Å². The summed E-state index contributed by atoms with van der Waals surface area (Å²) in [6.07, 6.45) is 3.96. The summed E-state index contributed by atoms with van der Waals surface area (Å²) in [5.41, 5.74) is 2.56. The van der Waals surface area contributed by atoms with Gasteiger partial charge < -0.3 is 19.6 Å². The number of aromatic amines is 1. The van der Waals surface area contributed by atoms with Gasteiger partial charge in [0.1, 0.15) is 16.9 Å². The average molecular weight is 340 g/mol. The molecule has 0 unspecified atom stereocenters. The molecule has 25 heavy (non-hydrogen) atoms. The highest BCUT2D eigenvalue weighted by Crippen LogP contribution is 2.25. The molecule has 1 fully saturated rings. The van der Waals surface area contributed by atoms with Gasteiger partial charge in [-0.25, -0.2) is 4.98 Å². The number of aromatic nitrogens is 2. The zero-order valence-corrected chi connectivity index (χ0v) is 14.6. The van der Waals surface area contributed by atoms with Crippen LogP contribution in [-0.4, -0.2) is 41.0 Å². The maximum atomic E-state index is 12.3. The summed E-state index contributed by atoms with van der Waals surface area (Å²) in [5.74, 6) is 0.653. The van der Waals surface area contributed by atoms with E-state index in [4.69, 9.17) is 4.42 Å². The number of fused-ring (bicyclic) bond motifs is 3. The van der Waals surface area contributed by atoms with E-state index in [1.165, 1.54) is 32.4 Å². The maximum absolute atomic E-state index is 12.3. The number of hydrogen-bond acceptors (Lipinski definition) is 5. The van der Waals surface area contributed by atoms with Crippen molar-refractivity contribution in [2.24, 2.45) is 0 Å². The number of rotatable bonds is 5. The summed E-state index contributed by atoms with van der Waals surface area (Å²) < 4.78 is 5.66. The highest BCUT2D eigenvalue weighted by atomic mass is 16.3. The van der Waals surface area contributed by atoms with E-state index in [0.717, 1.165) is 24.0 Å². The molecule has 4 rings (SSSR count). The number of benzene rings is 1. The van der Waals surface area contributed by atoms with Crippen LogP contribution in [0.5, 0.6) is 0 Å². The van der Waals surface area contributed by atoms with Crippen LogP contribution in [0.2, 0.25) is 0 Å². The second kappa shape index (κ2) is 6.98. The summed E-state index contributed by atoms with van der Waals surface area (Å²) in [4.78, 5) is 22.2. The van der Waals surface area contributed by atoms with Crippen LogP contribution in [0, 0.1) is 6.92 Å². The third-order valence-electron chi connectivity index (χ3n) is 4.87. The van der Waals surface area contributed by atoms with E-state index >= 15 is 0 Å². The van der Waals surface area contributed by atoms with E-state index in [2.05, 4.69) is 20.2 Å². The fraction of sp³-hybridized carbons (Fsp3) is 0.474. The van der Waals surface area contributed by atoms with Crippen molar-refractivity contribution in [3.63, 3.8) is 0 Å². The van der Waals surface area contributed by atoms with Gasteiger partial charge in [-0.1, -0.05) is 18.1 Å². The van der Waals surface area contributed by atoms with Gasteiger partial charge in [0.2, 0.25) is 5.58 Å². The number of nitrogens with zero attached hydrogens (tertiary/aromatic N) is 2. The Balaban J connectivity index is 1.49. The first-order valence-corrected chi connectivity index (χ1v) is 9.06. The standard InChI is InChI=1S/C19H24N4O2/c1-13-5-6-15-14(11-13)17-18(25-15)19(24)22-16(21-17)12-20-7-10-23-8-3-2-4-9-23/h5-6,11,20H,2-4,7-10,12H2,1H3,(H,21,22,24). The Kier molecular flexibility index (Phi) is 4.55. The Bertz CT molecular complexity index is 938. The Morgan fingerprint density at radius 2 is 2.12 bits per heavy atom. The van der Waals surface area contributed by atoms with E-state index in [-0.39, 0.29) is 5.56 Å². The van der Waals surface area contributed by atoms with E-state index < -0.39 is 0 Å². The highest BCUT2D eigenvalue weighted by Gasteiger charge is 2.13. The zero-order chi connectivity index (χ0) is 17.2. The molecule has 0 saturated carbocycles. The molecule has 1 aromatic carbocycles. The molecule has 1 aliphatic heterocycles. The lowest BCUT2D eigenvalue weighted by atomic mass is 10.1. The molecular weight excluding hydrogens is 316 g/mol. The Morgan fingerprint density at radius 3 is 2.96 bits per heavy atom. The molecule has 0 amide bonds. The summed E-state index contributed by atoms with van der Waals surface area (Å²) >= 11 is 0. The molecule has 0 bridgehead atoms. The summed E-state index contributed by atoms with van der Waals surface area (Å²) in [5, 5.41) is 4.29. The predicted octanol–water partition coefficient (Wildman–Crippen LogP) is 2.55. The number of nitrogens with one attached hydrogen (secondary N) is 2. The van der Waals surface area contributed by atoms with Crippen molar-refractivity contribution in [3.8, 4) is 0 Å². The van der Waals surface area contributed by atoms with Crippen LogP contribution in [0.1, 0.15) is 30.7 Å². The van der Waals surface area contributed by atoms with Gasteiger partial charge in [-0.05, 0) is 45.0 Å². The lowest BCUT2D eigenvalue weighted by Gasteiger charge is -2.26. The Hall–Kier alpha value is -2.18. The zero-order valence-electron chi connectivity index (χ0n) is 14.6. The highest BCUT2D eigenvalue weighted by molar-refractivity contribution is 6.02. The molecule has 6 nitrogen and oxygen atoms in total. The molecule has 2 N–H and O–H groups in total. The van der Waals surface area contributed by atoms with E-state index in [1.807, 2.05) is 25.1 Å². The van der Waals surface area contributed by atoms with Crippen molar-refractivity contribution in [3.05, 3.63) is 39.9 Å². The smallest absolute Gasteiger partial charge is 0.294 e. The quantitative estimate of drug-likeness (QED) is 0.698. The Morgan fingerprint density at radius 1 is 1.28 bits per heavy atom. The minimum atomic E-state index is -0.216. The van der Waals surface area contributed by atoms with Gasteiger partial charge in [0.15, 0.2) is 0 Å². The first kappa shape index (κ1) is 16.3. The summed E-state index contributed by atoms with van der Waals surface area (Å²) in [6, 6.07) is 5.88. The topological polar surface area (TPSA) is 74.2 Å². The predicted molar refractivity (Wildman–Crippen MR) is 98.9 cm³/mol. The average Bonchev–Trinajstić information content (AvgIpc) is 2.98. The largest absolute Gasteiger partial charge is 0.449 e. The van der Waals surface area contributed by atoms with Crippen LogP contribution >= 0.6 is 0 Å². The number of furan rings is 1. The van der Waals surface area contributed by atoms with E-state index in [1.54, 1.807) is 0 Å². The lowest BCUT2D eigenvalue weighted by molar-refractivity contribution is 0.229. The van der Waals surface area contributed by atoms with Crippen LogP contribution in [0.4, 0.5) is 0 Å². The maximum Gasteiger partial charge on any atom is 0.294 e. The monoisotopic (exact) mass is 340 g/mol. The first-order valence-electron chi connectivity index (χ1n) is 9.06. The molecule has 0 spiro atoms. The van der Waals surface area contributed by atoms with Gasteiger partial charge in [-0.3, -0.25) is 4.79 Å². The van der Waals surface area contributed by atoms with Gasteiger partial charge in [-0.15, -0.1) is 0 Å². The molecule has 6 heteroatoms. The molecular formula is C19H24N4O2. The number of H-pyrrole nitrogens is 1. The van der Waals surface area contributed by atoms with Crippen LogP contribution in [-0.2, 0) is 6.54 Å². The fourth-order valence-corrected chi connectivity index (χ4v) is 3.52. The fourth-order valence-electron chi connectivity index (χ4n) is 3.52. The van der Waals surface area contributed by atoms with Crippen LogP contribution in [0.15, 0.2) is 27.4 Å². The van der Waals surface area contributed by atoms with Gasteiger partial charge >= 0.3 is 0 Å². The normalized spacial score (nSPS) is 16.0. The lowest BCUT2D eigenvalue weighted by Crippen LogP contribution is -2.36. The second-order valence-corrected chi connectivity index (χ2v) is 6.87. The molecule has 0 atom stereocenters. The van der Waals surface area contributed by atoms with Gasteiger partial charge in [0.25, 0.3) is 5.56 Å². The van der Waals surface area contributed by atoms with Crippen molar-refractivity contribution in [2.75, 3.05) is 26.2 Å². The van der Waals surface area contributed by atoms with Crippen molar-refractivity contribution in [1.82, 2.24) is 20.2 Å².